The van der Waals surface area contributed by atoms with E-state index < -0.39 is 0 Å². The van der Waals surface area contributed by atoms with Crippen molar-refractivity contribution in [2.24, 2.45) is 0 Å². The fourth-order valence-electron chi connectivity index (χ4n) is 3.02. The summed E-state index contributed by atoms with van der Waals surface area (Å²) < 4.78 is 5.18. The van der Waals surface area contributed by atoms with E-state index in [4.69, 9.17) is 4.74 Å². The van der Waals surface area contributed by atoms with Crippen LogP contribution in [-0.2, 0) is 0 Å². The third-order valence-electron chi connectivity index (χ3n) is 4.12. The van der Waals surface area contributed by atoms with Gasteiger partial charge in [0.05, 0.1) is 7.11 Å². The molecule has 22 heavy (non-hydrogen) atoms. The van der Waals surface area contributed by atoms with E-state index in [9.17, 15) is 9.59 Å². The average Bonchev–Trinajstić information content (AvgIpc) is 2.58. The number of methoxy groups -OCH3 is 1. The topological polar surface area (TPSA) is 43.4 Å². The Bertz CT molecular complexity index is 954. The zero-order chi connectivity index (χ0) is 15.3. The van der Waals surface area contributed by atoms with Crippen LogP contribution in [0.3, 0.4) is 0 Å². The van der Waals surface area contributed by atoms with E-state index in [1.807, 2.05) is 30.3 Å². The Morgan fingerprint density at radius 1 is 0.773 bits per heavy atom. The second-order valence-corrected chi connectivity index (χ2v) is 5.28. The van der Waals surface area contributed by atoms with Crippen molar-refractivity contribution >= 4 is 22.3 Å². The van der Waals surface area contributed by atoms with Crippen molar-refractivity contribution in [3.63, 3.8) is 0 Å². The van der Waals surface area contributed by atoms with Crippen molar-refractivity contribution < 1.29 is 14.3 Å². The number of benzene rings is 3. The van der Waals surface area contributed by atoms with Crippen LogP contribution in [0.25, 0.3) is 10.8 Å². The highest BCUT2D eigenvalue weighted by Crippen LogP contribution is 2.33. The summed E-state index contributed by atoms with van der Waals surface area (Å²) in [4.78, 5) is 25.6. The minimum absolute atomic E-state index is 0.113. The highest BCUT2D eigenvalue weighted by atomic mass is 16.5. The molecule has 0 aliphatic heterocycles. The number of carbonyl (C=O) groups excluding carboxylic acids is 2. The Morgan fingerprint density at radius 3 is 2.36 bits per heavy atom. The monoisotopic (exact) mass is 288 g/mol. The molecule has 0 N–H and O–H groups in total. The van der Waals surface area contributed by atoms with Gasteiger partial charge >= 0.3 is 0 Å². The van der Waals surface area contributed by atoms with Crippen LogP contribution in [0.5, 0.6) is 5.75 Å². The Hall–Kier alpha value is -2.94. The predicted octanol–water partition coefficient (Wildman–Crippen LogP) is 3.62. The fraction of sp³-hybridized carbons (Fsp3) is 0.0526. The lowest BCUT2D eigenvalue weighted by atomic mass is 9.81. The maximum Gasteiger partial charge on any atom is 0.195 e. The molecular formula is C19H12O3. The molecule has 0 atom stereocenters. The lowest BCUT2D eigenvalue weighted by molar-refractivity contribution is 0.0980. The molecule has 0 heterocycles. The average molecular weight is 288 g/mol. The molecule has 1 aliphatic carbocycles. The first kappa shape index (κ1) is 12.8. The van der Waals surface area contributed by atoms with Crippen LogP contribution in [0.2, 0.25) is 0 Å². The SMILES string of the molecule is COc1ccc2c(c1)C(=O)c1c(ccc3ccccc13)C2=O. The minimum Gasteiger partial charge on any atom is -0.497 e. The first-order valence-electron chi connectivity index (χ1n) is 7.00. The van der Waals surface area contributed by atoms with Gasteiger partial charge < -0.3 is 4.74 Å². The van der Waals surface area contributed by atoms with E-state index in [1.165, 1.54) is 0 Å². The van der Waals surface area contributed by atoms with Crippen molar-refractivity contribution in [3.8, 4) is 5.75 Å². The summed E-state index contributed by atoms with van der Waals surface area (Å²) in [6.07, 6.45) is 0. The molecule has 3 aromatic rings. The van der Waals surface area contributed by atoms with Crippen molar-refractivity contribution in [3.05, 3.63) is 76.9 Å². The third-order valence-corrected chi connectivity index (χ3v) is 4.12. The van der Waals surface area contributed by atoms with Crippen LogP contribution < -0.4 is 4.74 Å². The zero-order valence-corrected chi connectivity index (χ0v) is 11.9. The summed E-state index contributed by atoms with van der Waals surface area (Å²) in [5.74, 6) is 0.335. The molecule has 3 nitrogen and oxygen atoms in total. The summed E-state index contributed by atoms with van der Waals surface area (Å²) in [7, 11) is 1.54. The Morgan fingerprint density at radius 2 is 1.55 bits per heavy atom. The van der Waals surface area contributed by atoms with Gasteiger partial charge in [-0.15, -0.1) is 0 Å². The van der Waals surface area contributed by atoms with Gasteiger partial charge in [0.1, 0.15) is 5.75 Å². The van der Waals surface area contributed by atoms with Gasteiger partial charge in [-0.2, -0.15) is 0 Å². The van der Waals surface area contributed by atoms with E-state index >= 15 is 0 Å². The number of ketones is 2. The molecule has 0 fully saturated rings. The zero-order valence-electron chi connectivity index (χ0n) is 11.9. The third kappa shape index (κ3) is 1.62. The molecule has 0 bridgehead atoms. The molecule has 106 valence electrons. The number of rotatable bonds is 1. The second kappa shape index (κ2) is 4.53. The van der Waals surface area contributed by atoms with E-state index in [0.717, 1.165) is 10.8 Å². The quantitative estimate of drug-likeness (QED) is 0.537. The molecule has 0 spiro atoms. The lowest BCUT2D eigenvalue weighted by Gasteiger charge is -2.19. The normalized spacial score (nSPS) is 13.0. The largest absolute Gasteiger partial charge is 0.497 e. The molecule has 0 radical (unpaired) electrons. The van der Waals surface area contributed by atoms with Gasteiger partial charge in [-0.05, 0) is 35.0 Å². The summed E-state index contributed by atoms with van der Waals surface area (Å²) in [5.41, 5.74) is 1.81. The highest BCUT2D eigenvalue weighted by molar-refractivity contribution is 6.32. The smallest absolute Gasteiger partial charge is 0.195 e. The molecule has 4 rings (SSSR count). The maximum absolute atomic E-state index is 12.9. The molecule has 0 aromatic heterocycles. The number of hydrogen-bond donors (Lipinski definition) is 0. The van der Waals surface area contributed by atoms with E-state index in [-0.39, 0.29) is 11.6 Å². The van der Waals surface area contributed by atoms with Crippen molar-refractivity contribution in [2.45, 2.75) is 0 Å². The summed E-state index contributed by atoms with van der Waals surface area (Å²) in [6.45, 7) is 0. The maximum atomic E-state index is 12.9. The number of fused-ring (bicyclic) bond motifs is 4. The highest BCUT2D eigenvalue weighted by Gasteiger charge is 2.31. The minimum atomic E-state index is -0.125. The van der Waals surface area contributed by atoms with Crippen LogP contribution in [-0.4, -0.2) is 18.7 Å². The van der Waals surface area contributed by atoms with Gasteiger partial charge in [0, 0.05) is 22.3 Å². The Labute approximate surface area is 127 Å². The Kier molecular flexibility index (Phi) is 2.63. The van der Waals surface area contributed by atoms with E-state index in [0.29, 0.717) is 28.0 Å². The van der Waals surface area contributed by atoms with Gasteiger partial charge in [-0.1, -0.05) is 30.3 Å². The molecule has 3 aromatic carbocycles. The molecule has 1 aliphatic rings. The number of ether oxygens (including phenoxy) is 1. The summed E-state index contributed by atoms with van der Waals surface area (Å²) in [5, 5.41) is 1.76. The van der Waals surface area contributed by atoms with Crippen LogP contribution in [0.15, 0.2) is 54.6 Å². The first-order valence-corrected chi connectivity index (χ1v) is 7.00. The molecule has 0 amide bonds. The summed E-state index contributed by atoms with van der Waals surface area (Å²) >= 11 is 0. The van der Waals surface area contributed by atoms with Gasteiger partial charge in [-0.25, -0.2) is 0 Å². The van der Waals surface area contributed by atoms with Crippen molar-refractivity contribution in [2.75, 3.05) is 7.11 Å². The van der Waals surface area contributed by atoms with Gasteiger partial charge in [0.2, 0.25) is 0 Å². The first-order chi connectivity index (χ1) is 10.7. The molecule has 0 unspecified atom stereocenters. The fourth-order valence-corrected chi connectivity index (χ4v) is 3.02. The number of carbonyl (C=O) groups is 2. The van der Waals surface area contributed by atoms with Crippen LogP contribution >= 0.6 is 0 Å². The Balaban J connectivity index is 2.06. The lowest BCUT2D eigenvalue weighted by Crippen LogP contribution is -2.21. The second-order valence-electron chi connectivity index (χ2n) is 5.28. The van der Waals surface area contributed by atoms with Crippen LogP contribution in [0, 0.1) is 0 Å². The molecule has 0 saturated carbocycles. The van der Waals surface area contributed by atoms with E-state index in [2.05, 4.69) is 0 Å². The number of hydrogen-bond acceptors (Lipinski definition) is 3. The van der Waals surface area contributed by atoms with Gasteiger partial charge in [0.15, 0.2) is 11.6 Å². The molecular weight excluding hydrogens is 276 g/mol. The van der Waals surface area contributed by atoms with Gasteiger partial charge in [0.25, 0.3) is 0 Å². The standard InChI is InChI=1S/C19H12O3/c1-22-12-7-9-14-16(10-12)19(21)17-13-5-3-2-4-11(13)6-8-15(17)18(14)20/h2-10H,1H3. The van der Waals surface area contributed by atoms with Crippen LogP contribution in [0.4, 0.5) is 0 Å². The van der Waals surface area contributed by atoms with Gasteiger partial charge in [-0.3, -0.25) is 9.59 Å². The molecule has 0 saturated heterocycles. The van der Waals surface area contributed by atoms with Crippen molar-refractivity contribution in [1.82, 2.24) is 0 Å². The van der Waals surface area contributed by atoms with Crippen molar-refractivity contribution in [1.29, 1.82) is 0 Å². The summed E-state index contributed by atoms with van der Waals surface area (Å²) in [6, 6.07) is 16.2. The van der Waals surface area contributed by atoms with Crippen LogP contribution in [0.1, 0.15) is 31.8 Å². The molecule has 3 heteroatoms. The predicted molar refractivity (Wildman–Crippen MR) is 83.8 cm³/mol. The van der Waals surface area contributed by atoms with E-state index in [1.54, 1.807) is 31.4 Å².